The Kier molecular flexibility index (Phi) is 4.06. The Morgan fingerprint density at radius 1 is 1.20 bits per heavy atom. The summed E-state index contributed by atoms with van der Waals surface area (Å²) in [4.78, 5) is 4.67. The molecule has 0 aliphatic heterocycles. The van der Waals surface area contributed by atoms with Crippen molar-refractivity contribution < 1.29 is 0 Å². The molecule has 102 valence electrons. The van der Waals surface area contributed by atoms with E-state index in [1.807, 2.05) is 19.1 Å². The number of alkyl halides is 1. The van der Waals surface area contributed by atoms with Crippen molar-refractivity contribution in [2.45, 2.75) is 12.3 Å². The van der Waals surface area contributed by atoms with E-state index >= 15 is 0 Å². The van der Waals surface area contributed by atoms with Gasteiger partial charge in [-0.3, -0.25) is 4.57 Å². The number of imidazole rings is 1. The van der Waals surface area contributed by atoms with Crippen LogP contribution in [0.3, 0.4) is 0 Å². The molecule has 0 aliphatic rings. The van der Waals surface area contributed by atoms with E-state index in [4.69, 9.17) is 11.6 Å². The molecule has 2 aromatic carbocycles. The first-order chi connectivity index (χ1) is 9.56. The molecule has 3 aromatic rings. The van der Waals surface area contributed by atoms with Gasteiger partial charge in [-0.25, -0.2) is 4.98 Å². The molecular weight excluding hydrogens is 450 g/mol. The summed E-state index contributed by atoms with van der Waals surface area (Å²) in [5.74, 6) is 0.862. The van der Waals surface area contributed by atoms with E-state index in [-0.39, 0.29) is 5.38 Å². The third-order valence-electron chi connectivity index (χ3n) is 3.08. The largest absolute Gasteiger partial charge is 0.295 e. The minimum Gasteiger partial charge on any atom is -0.295 e. The fourth-order valence-electron chi connectivity index (χ4n) is 2.20. The monoisotopic (exact) mass is 460 g/mol. The van der Waals surface area contributed by atoms with E-state index < -0.39 is 0 Å². The van der Waals surface area contributed by atoms with Crippen molar-refractivity contribution in [1.29, 1.82) is 0 Å². The smallest absolute Gasteiger partial charge is 0.132 e. The average molecular weight is 462 g/mol. The van der Waals surface area contributed by atoms with E-state index in [1.54, 1.807) is 0 Å². The van der Waals surface area contributed by atoms with Gasteiger partial charge < -0.3 is 0 Å². The Hall–Kier alpha value is -0.590. The van der Waals surface area contributed by atoms with Crippen molar-refractivity contribution in [2.75, 3.05) is 0 Å². The lowest BCUT2D eigenvalue weighted by Crippen LogP contribution is -2.01. The van der Waals surface area contributed by atoms with Gasteiger partial charge in [0.15, 0.2) is 0 Å². The molecule has 0 amide bonds. The highest BCUT2D eigenvalue weighted by Gasteiger charge is 2.16. The zero-order valence-corrected chi connectivity index (χ0v) is 15.1. The molecule has 1 heterocycles. The molecule has 0 aliphatic carbocycles. The van der Waals surface area contributed by atoms with Crippen LogP contribution < -0.4 is 0 Å². The van der Waals surface area contributed by atoms with Crippen LogP contribution in [-0.2, 0) is 0 Å². The summed E-state index contributed by atoms with van der Waals surface area (Å²) in [5, 5.41) is -0.152. The lowest BCUT2D eigenvalue weighted by Gasteiger charge is -2.10. The molecule has 1 aromatic heterocycles. The van der Waals surface area contributed by atoms with Gasteiger partial charge in [0.2, 0.25) is 0 Å². The molecule has 1 atom stereocenters. The van der Waals surface area contributed by atoms with Crippen molar-refractivity contribution in [3.8, 4) is 5.69 Å². The number of nitrogens with zero attached hydrogens (tertiary/aromatic N) is 2. The molecule has 1 unspecified atom stereocenters. The molecule has 5 heteroatoms. The second-order valence-corrected chi connectivity index (χ2v) is 7.35. The zero-order valence-electron chi connectivity index (χ0n) is 10.6. The second kappa shape index (κ2) is 5.66. The summed E-state index contributed by atoms with van der Waals surface area (Å²) < 4.78 is 4.35. The van der Waals surface area contributed by atoms with Gasteiger partial charge >= 0.3 is 0 Å². The van der Waals surface area contributed by atoms with E-state index in [1.165, 1.54) is 3.57 Å². The summed E-state index contributed by atoms with van der Waals surface area (Å²) in [7, 11) is 0. The van der Waals surface area contributed by atoms with E-state index in [0.29, 0.717) is 0 Å². The van der Waals surface area contributed by atoms with Crippen LogP contribution in [0, 0.1) is 3.57 Å². The number of hydrogen-bond acceptors (Lipinski definition) is 1. The van der Waals surface area contributed by atoms with E-state index in [2.05, 4.69) is 78.4 Å². The Labute approximate surface area is 144 Å². The highest BCUT2D eigenvalue weighted by atomic mass is 127. The van der Waals surface area contributed by atoms with Crippen LogP contribution in [-0.4, -0.2) is 9.55 Å². The number of benzene rings is 2. The van der Waals surface area contributed by atoms with Gasteiger partial charge in [0, 0.05) is 13.7 Å². The summed E-state index contributed by atoms with van der Waals surface area (Å²) in [6.45, 7) is 1.95. The quantitative estimate of drug-likeness (QED) is 0.354. The first-order valence-corrected chi connectivity index (χ1v) is 8.45. The van der Waals surface area contributed by atoms with E-state index in [9.17, 15) is 0 Å². The van der Waals surface area contributed by atoms with Crippen molar-refractivity contribution in [1.82, 2.24) is 9.55 Å². The van der Waals surface area contributed by atoms with Crippen LogP contribution in [0.5, 0.6) is 0 Å². The minimum atomic E-state index is -0.152. The Morgan fingerprint density at radius 3 is 2.55 bits per heavy atom. The fraction of sp³-hybridized carbons (Fsp3) is 0.133. The zero-order chi connectivity index (χ0) is 14.3. The van der Waals surface area contributed by atoms with Crippen LogP contribution in [0.2, 0.25) is 0 Å². The summed E-state index contributed by atoms with van der Waals surface area (Å²) in [6, 6.07) is 14.5. The Bertz CT molecular complexity index is 765. The first kappa shape index (κ1) is 14.4. The van der Waals surface area contributed by atoms with Crippen molar-refractivity contribution >= 4 is 61.2 Å². The van der Waals surface area contributed by atoms with Gasteiger partial charge in [-0.1, -0.05) is 15.9 Å². The normalized spacial score (nSPS) is 12.8. The summed E-state index contributed by atoms with van der Waals surface area (Å²) in [6.07, 6.45) is 0. The molecule has 0 saturated heterocycles. The van der Waals surface area contributed by atoms with Crippen LogP contribution in [0.4, 0.5) is 0 Å². The van der Waals surface area contributed by atoms with Gasteiger partial charge in [0.25, 0.3) is 0 Å². The lowest BCUT2D eigenvalue weighted by molar-refractivity contribution is 0.882. The molecule has 0 radical (unpaired) electrons. The SMILES string of the molecule is CC(Cl)c1nc2cc(Br)ccc2n1-c1ccc(I)cc1. The fourth-order valence-corrected chi connectivity index (χ4v) is 3.06. The number of fused-ring (bicyclic) bond motifs is 1. The number of aromatic nitrogens is 2. The Morgan fingerprint density at radius 2 is 1.90 bits per heavy atom. The first-order valence-electron chi connectivity index (χ1n) is 6.14. The third-order valence-corrected chi connectivity index (χ3v) is 4.49. The second-order valence-electron chi connectivity index (χ2n) is 4.53. The summed E-state index contributed by atoms with van der Waals surface area (Å²) >= 11 is 12.1. The number of halogens is 3. The standard InChI is InChI=1S/C15H11BrClIN2/c1-9(17)15-19-13-8-10(16)2-7-14(13)20(15)12-5-3-11(18)4-6-12/h2-9H,1H3. The molecule has 0 N–H and O–H groups in total. The van der Waals surface area contributed by atoms with Gasteiger partial charge in [-0.2, -0.15) is 0 Å². The molecular formula is C15H11BrClIN2. The molecule has 3 rings (SSSR count). The average Bonchev–Trinajstić information content (AvgIpc) is 2.78. The number of hydrogen-bond donors (Lipinski definition) is 0. The number of rotatable bonds is 2. The van der Waals surface area contributed by atoms with E-state index in [0.717, 1.165) is 27.0 Å². The third kappa shape index (κ3) is 2.61. The Balaban J connectivity index is 2.31. The predicted octanol–water partition coefficient (Wildman–Crippen LogP) is 5.69. The van der Waals surface area contributed by atoms with Gasteiger partial charge in [-0.05, 0) is 72.0 Å². The molecule has 0 spiro atoms. The van der Waals surface area contributed by atoms with Crippen molar-refractivity contribution in [3.05, 3.63) is 56.3 Å². The van der Waals surface area contributed by atoms with Crippen molar-refractivity contribution in [3.63, 3.8) is 0 Å². The summed E-state index contributed by atoms with van der Waals surface area (Å²) in [5.41, 5.74) is 3.09. The van der Waals surface area contributed by atoms with Crippen LogP contribution in [0.1, 0.15) is 18.1 Å². The van der Waals surface area contributed by atoms with Crippen LogP contribution in [0.15, 0.2) is 46.9 Å². The van der Waals surface area contributed by atoms with Crippen LogP contribution >= 0.6 is 50.1 Å². The lowest BCUT2D eigenvalue weighted by atomic mass is 10.2. The maximum atomic E-state index is 6.30. The highest BCUT2D eigenvalue weighted by Crippen LogP contribution is 2.29. The van der Waals surface area contributed by atoms with Gasteiger partial charge in [-0.15, -0.1) is 11.6 Å². The maximum Gasteiger partial charge on any atom is 0.132 e. The predicted molar refractivity (Wildman–Crippen MR) is 95.8 cm³/mol. The molecule has 0 saturated carbocycles. The minimum absolute atomic E-state index is 0.152. The molecule has 0 fully saturated rings. The van der Waals surface area contributed by atoms with Crippen LogP contribution in [0.25, 0.3) is 16.7 Å². The van der Waals surface area contributed by atoms with Crippen molar-refractivity contribution in [2.24, 2.45) is 0 Å². The van der Waals surface area contributed by atoms with Gasteiger partial charge in [0.1, 0.15) is 5.82 Å². The maximum absolute atomic E-state index is 6.30. The highest BCUT2D eigenvalue weighted by molar-refractivity contribution is 14.1. The topological polar surface area (TPSA) is 17.8 Å². The van der Waals surface area contributed by atoms with Gasteiger partial charge in [0.05, 0.1) is 16.4 Å². The molecule has 2 nitrogen and oxygen atoms in total. The molecule has 0 bridgehead atoms. The molecule has 20 heavy (non-hydrogen) atoms.